The molecule has 1 aliphatic heterocycles. The van der Waals surface area contributed by atoms with Crippen LogP contribution in [0.2, 0.25) is 0 Å². The highest BCUT2D eigenvalue weighted by atomic mass is 32.2. The zero-order valence-corrected chi connectivity index (χ0v) is 13.4. The first-order chi connectivity index (χ1) is 9.77. The van der Waals surface area contributed by atoms with E-state index in [1.807, 2.05) is 20.8 Å². The maximum absolute atomic E-state index is 12.8. The van der Waals surface area contributed by atoms with Gasteiger partial charge in [-0.15, -0.1) is 0 Å². The van der Waals surface area contributed by atoms with Crippen molar-refractivity contribution in [3.8, 4) is 0 Å². The minimum Gasteiger partial charge on any atom is -0.478 e. The van der Waals surface area contributed by atoms with Gasteiger partial charge in [-0.25, -0.2) is 13.2 Å². The number of benzene rings is 1. The number of sulfonamides is 1. The van der Waals surface area contributed by atoms with Crippen LogP contribution in [-0.4, -0.2) is 36.9 Å². The Morgan fingerprint density at radius 2 is 1.86 bits per heavy atom. The second kappa shape index (κ2) is 5.77. The summed E-state index contributed by atoms with van der Waals surface area (Å²) in [5, 5.41) is 9.08. The van der Waals surface area contributed by atoms with Crippen LogP contribution in [0.4, 0.5) is 0 Å². The molecule has 1 fully saturated rings. The molecule has 1 aromatic carbocycles. The van der Waals surface area contributed by atoms with Crippen LogP contribution in [-0.2, 0) is 16.4 Å². The molecule has 1 aliphatic rings. The number of rotatable bonds is 4. The molecule has 0 bridgehead atoms. The molecule has 116 valence electrons. The molecule has 1 aromatic rings. The molecule has 0 aliphatic carbocycles. The van der Waals surface area contributed by atoms with Gasteiger partial charge in [0.05, 0.1) is 10.5 Å². The SMILES string of the molecule is CCc1ccc(C(=O)O)cc1S(=O)(=O)N1CC(C)C(C)C1. The fraction of sp³-hybridized carbons (Fsp3) is 0.533. The van der Waals surface area contributed by atoms with E-state index in [4.69, 9.17) is 5.11 Å². The van der Waals surface area contributed by atoms with Crippen molar-refractivity contribution >= 4 is 16.0 Å². The number of carboxylic acids is 1. The minimum atomic E-state index is -3.63. The van der Waals surface area contributed by atoms with Gasteiger partial charge in [-0.1, -0.05) is 26.8 Å². The molecule has 1 saturated heterocycles. The smallest absolute Gasteiger partial charge is 0.335 e. The summed E-state index contributed by atoms with van der Waals surface area (Å²) in [7, 11) is -3.63. The van der Waals surface area contributed by atoms with Crippen molar-refractivity contribution in [2.75, 3.05) is 13.1 Å². The number of hydrogen-bond acceptors (Lipinski definition) is 3. The number of hydrogen-bond donors (Lipinski definition) is 1. The summed E-state index contributed by atoms with van der Waals surface area (Å²) in [4.78, 5) is 11.2. The molecule has 0 saturated carbocycles. The van der Waals surface area contributed by atoms with Gasteiger partial charge in [0, 0.05) is 13.1 Å². The Balaban J connectivity index is 2.48. The third kappa shape index (κ3) is 2.96. The third-order valence-corrected chi connectivity index (χ3v) is 6.18. The van der Waals surface area contributed by atoms with Gasteiger partial charge in [-0.05, 0) is 36.0 Å². The highest BCUT2D eigenvalue weighted by molar-refractivity contribution is 7.89. The summed E-state index contributed by atoms with van der Waals surface area (Å²) >= 11 is 0. The lowest BCUT2D eigenvalue weighted by Gasteiger charge is -2.18. The lowest BCUT2D eigenvalue weighted by atomic mass is 10.0. The predicted octanol–water partition coefficient (Wildman–Crippen LogP) is 2.22. The van der Waals surface area contributed by atoms with E-state index in [2.05, 4.69) is 0 Å². The second-order valence-electron chi connectivity index (χ2n) is 5.76. The molecular weight excluding hydrogens is 290 g/mol. The van der Waals surface area contributed by atoms with E-state index in [0.29, 0.717) is 36.9 Å². The van der Waals surface area contributed by atoms with E-state index >= 15 is 0 Å². The van der Waals surface area contributed by atoms with Crippen LogP contribution < -0.4 is 0 Å². The summed E-state index contributed by atoms with van der Waals surface area (Å²) in [5.41, 5.74) is 0.665. The predicted molar refractivity (Wildman–Crippen MR) is 79.9 cm³/mol. The first-order valence-electron chi connectivity index (χ1n) is 7.13. The van der Waals surface area contributed by atoms with Crippen molar-refractivity contribution in [3.05, 3.63) is 29.3 Å². The number of nitrogens with zero attached hydrogens (tertiary/aromatic N) is 1. The van der Waals surface area contributed by atoms with Crippen LogP contribution in [0.3, 0.4) is 0 Å². The molecule has 21 heavy (non-hydrogen) atoms. The Morgan fingerprint density at radius 1 is 1.29 bits per heavy atom. The number of carboxylic acid groups (broad SMARTS) is 1. The minimum absolute atomic E-state index is 0.00562. The van der Waals surface area contributed by atoms with E-state index in [9.17, 15) is 13.2 Å². The lowest BCUT2D eigenvalue weighted by Crippen LogP contribution is -2.30. The molecule has 6 heteroatoms. The zero-order chi connectivity index (χ0) is 15.8. The molecule has 5 nitrogen and oxygen atoms in total. The molecule has 0 spiro atoms. The maximum Gasteiger partial charge on any atom is 0.335 e. The highest BCUT2D eigenvalue weighted by Crippen LogP contribution is 2.30. The fourth-order valence-corrected chi connectivity index (χ4v) is 4.59. The van der Waals surface area contributed by atoms with Gasteiger partial charge in [-0.3, -0.25) is 0 Å². The number of carbonyl (C=O) groups is 1. The topological polar surface area (TPSA) is 74.7 Å². The Labute approximate surface area is 125 Å². The summed E-state index contributed by atoms with van der Waals surface area (Å²) in [6.07, 6.45) is 0.549. The Hall–Kier alpha value is -1.40. The van der Waals surface area contributed by atoms with Crippen molar-refractivity contribution < 1.29 is 18.3 Å². The normalized spacial score (nSPS) is 23.4. The molecular formula is C15H21NO4S. The van der Waals surface area contributed by atoms with Crippen LogP contribution in [0.5, 0.6) is 0 Å². The maximum atomic E-state index is 12.8. The van der Waals surface area contributed by atoms with E-state index < -0.39 is 16.0 Å². The molecule has 1 heterocycles. The molecule has 1 N–H and O–H groups in total. The average molecular weight is 311 g/mol. The molecule has 2 atom stereocenters. The highest BCUT2D eigenvalue weighted by Gasteiger charge is 2.36. The fourth-order valence-electron chi connectivity index (χ4n) is 2.63. The van der Waals surface area contributed by atoms with Gasteiger partial charge < -0.3 is 5.11 Å². The van der Waals surface area contributed by atoms with Crippen molar-refractivity contribution in [1.29, 1.82) is 0 Å². The van der Waals surface area contributed by atoms with Gasteiger partial charge >= 0.3 is 5.97 Å². The Morgan fingerprint density at radius 3 is 2.33 bits per heavy atom. The second-order valence-corrected chi connectivity index (χ2v) is 7.66. The molecule has 0 radical (unpaired) electrons. The van der Waals surface area contributed by atoms with E-state index in [1.54, 1.807) is 6.07 Å². The van der Waals surface area contributed by atoms with Gasteiger partial charge in [0.25, 0.3) is 0 Å². The van der Waals surface area contributed by atoms with Crippen LogP contribution in [0.15, 0.2) is 23.1 Å². The van der Waals surface area contributed by atoms with E-state index in [1.165, 1.54) is 16.4 Å². The van der Waals surface area contributed by atoms with Crippen LogP contribution in [0, 0.1) is 11.8 Å². The first-order valence-corrected chi connectivity index (χ1v) is 8.57. The third-order valence-electron chi connectivity index (χ3n) is 4.27. The van der Waals surface area contributed by atoms with Gasteiger partial charge in [0.1, 0.15) is 0 Å². The Bertz CT molecular complexity index is 644. The molecule has 0 amide bonds. The molecule has 0 aromatic heterocycles. The largest absolute Gasteiger partial charge is 0.478 e. The summed E-state index contributed by atoms with van der Waals surface area (Å²) in [6, 6.07) is 4.33. The number of aromatic carboxylic acids is 1. The number of aryl methyl sites for hydroxylation is 1. The summed E-state index contributed by atoms with van der Waals surface area (Å²) < 4.78 is 27.1. The summed E-state index contributed by atoms with van der Waals surface area (Å²) in [5.74, 6) is -0.489. The average Bonchev–Trinajstić information content (AvgIpc) is 2.78. The lowest BCUT2D eigenvalue weighted by molar-refractivity contribution is 0.0696. The van der Waals surface area contributed by atoms with Crippen LogP contribution in [0.1, 0.15) is 36.7 Å². The summed E-state index contributed by atoms with van der Waals surface area (Å²) in [6.45, 7) is 6.92. The van der Waals surface area contributed by atoms with Crippen molar-refractivity contribution in [3.63, 3.8) is 0 Å². The van der Waals surface area contributed by atoms with Crippen molar-refractivity contribution in [1.82, 2.24) is 4.31 Å². The standard InChI is InChI=1S/C15H21NO4S/c1-4-12-5-6-13(15(17)18)7-14(12)21(19,20)16-8-10(2)11(3)9-16/h5-7,10-11H,4,8-9H2,1-3H3,(H,17,18). The van der Waals surface area contributed by atoms with Crippen LogP contribution >= 0.6 is 0 Å². The molecule has 2 unspecified atom stereocenters. The zero-order valence-electron chi connectivity index (χ0n) is 12.5. The van der Waals surface area contributed by atoms with Gasteiger partial charge in [0.15, 0.2) is 0 Å². The molecule has 2 rings (SSSR count). The van der Waals surface area contributed by atoms with Crippen molar-refractivity contribution in [2.24, 2.45) is 11.8 Å². The van der Waals surface area contributed by atoms with Gasteiger partial charge in [-0.2, -0.15) is 4.31 Å². The van der Waals surface area contributed by atoms with E-state index in [-0.39, 0.29) is 10.5 Å². The first kappa shape index (κ1) is 16.0. The van der Waals surface area contributed by atoms with Crippen LogP contribution in [0.25, 0.3) is 0 Å². The quantitative estimate of drug-likeness (QED) is 0.925. The van der Waals surface area contributed by atoms with Crippen molar-refractivity contribution in [2.45, 2.75) is 32.1 Å². The monoisotopic (exact) mass is 311 g/mol. The Kier molecular flexibility index (Phi) is 4.39. The van der Waals surface area contributed by atoms with Gasteiger partial charge in [0.2, 0.25) is 10.0 Å². The van der Waals surface area contributed by atoms with E-state index in [0.717, 1.165) is 0 Å².